The average molecular weight is 397 g/mol. The number of sulfonamides is 1. The minimum absolute atomic E-state index is 0.117. The molecule has 2 rings (SSSR count). The fourth-order valence-corrected chi connectivity index (χ4v) is 3.49. The summed E-state index contributed by atoms with van der Waals surface area (Å²) in [5.41, 5.74) is 0.624. The van der Waals surface area contributed by atoms with Gasteiger partial charge in [0.25, 0.3) is 0 Å². The highest BCUT2D eigenvalue weighted by molar-refractivity contribution is 9.10. The molecule has 23 heavy (non-hydrogen) atoms. The van der Waals surface area contributed by atoms with E-state index in [-0.39, 0.29) is 10.8 Å². The van der Waals surface area contributed by atoms with E-state index in [1.165, 1.54) is 12.1 Å². The van der Waals surface area contributed by atoms with Crippen molar-refractivity contribution in [2.45, 2.75) is 24.3 Å². The Labute approximate surface area is 144 Å². The van der Waals surface area contributed by atoms with Gasteiger partial charge in [-0.3, -0.25) is 4.79 Å². The fraction of sp³-hybridized carbons (Fsp3) is 0.188. The largest absolute Gasteiger partial charge is 0.325 e. The van der Waals surface area contributed by atoms with E-state index in [9.17, 15) is 13.2 Å². The zero-order valence-electron chi connectivity index (χ0n) is 12.5. The van der Waals surface area contributed by atoms with Crippen molar-refractivity contribution >= 4 is 37.5 Å². The van der Waals surface area contributed by atoms with Crippen molar-refractivity contribution < 1.29 is 13.2 Å². The molecule has 0 aliphatic carbocycles. The molecule has 0 saturated carbocycles. The van der Waals surface area contributed by atoms with Crippen LogP contribution >= 0.6 is 15.9 Å². The highest BCUT2D eigenvalue weighted by atomic mass is 79.9. The van der Waals surface area contributed by atoms with Gasteiger partial charge in [-0.05, 0) is 42.8 Å². The number of carbonyl (C=O) groups is 1. The number of rotatable bonds is 6. The van der Waals surface area contributed by atoms with E-state index in [0.29, 0.717) is 12.1 Å². The van der Waals surface area contributed by atoms with Gasteiger partial charge in [-0.15, -0.1) is 0 Å². The van der Waals surface area contributed by atoms with Gasteiger partial charge in [-0.25, -0.2) is 8.42 Å². The zero-order valence-corrected chi connectivity index (χ0v) is 14.9. The molecule has 0 heterocycles. The predicted octanol–water partition coefficient (Wildman–Crippen LogP) is 3.14. The quantitative estimate of drug-likeness (QED) is 0.787. The lowest BCUT2D eigenvalue weighted by atomic mass is 10.2. The summed E-state index contributed by atoms with van der Waals surface area (Å²) < 4.78 is 28.0. The fourth-order valence-electron chi connectivity index (χ4n) is 1.94. The van der Waals surface area contributed by atoms with Crippen LogP contribution in [0.5, 0.6) is 0 Å². The maximum atomic E-state index is 12.4. The Hall–Kier alpha value is -1.70. The van der Waals surface area contributed by atoms with Crippen LogP contribution in [-0.2, 0) is 14.8 Å². The number of hydrogen-bond donors (Lipinski definition) is 2. The number of benzene rings is 2. The summed E-state index contributed by atoms with van der Waals surface area (Å²) in [6.07, 6.45) is 0.342. The van der Waals surface area contributed by atoms with Gasteiger partial charge in [0.15, 0.2) is 0 Å². The minimum atomic E-state index is -3.76. The van der Waals surface area contributed by atoms with E-state index in [0.717, 1.165) is 4.47 Å². The number of carbonyl (C=O) groups excluding carboxylic acids is 1. The summed E-state index contributed by atoms with van der Waals surface area (Å²) in [6.45, 7) is 1.75. The van der Waals surface area contributed by atoms with Crippen LogP contribution in [0, 0.1) is 0 Å². The number of nitrogens with one attached hydrogen (secondary N) is 2. The van der Waals surface area contributed by atoms with Crippen molar-refractivity contribution in [3.05, 3.63) is 59.1 Å². The Balaban J connectivity index is 2.11. The second kappa shape index (κ2) is 7.72. The molecular formula is C16H17BrN2O3S. The molecule has 0 spiro atoms. The number of para-hydroxylation sites is 1. The molecule has 0 bridgehead atoms. The van der Waals surface area contributed by atoms with Gasteiger partial charge in [0.2, 0.25) is 15.9 Å². The summed E-state index contributed by atoms with van der Waals surface area (Å²) in [5.74, 6) is -0.389. The zero-order chi connectivity index (χ0) is 16.9. The van der Waals surface area contributed by atoms with Gasteiger partial charge in [-0.2, -0.15) is 4.72 Å². The standard InChI is InChI=1S/C16H17BrN2O3S/c1-2-15(16(20)18-13-6-4-3-5-7-13)19-23(21,22)14-10-8-12(17)9-11-14/h3-11,15,19H,2H2,1H3,(H,18,20). The molecule has 2 aromatic rings. The predicted molar refractivity (Wildman–Crippen MR) is 93.6 cm³/mol. The first-order valence-corrected chi connectivity index (χ1v) is 9.34. The molecule has 2 N–H and O–H groups in total. The molecule has 0 aliphatic heterocycles. The molecule has 7 heteroatoms. The summed E-state index contributed by atoms with van der Waals surface area (Å²) in [6, 6.07) is 14.3. The Kier molecular flexibility index (Phi) is 5.92. The van der Waals surface area contributed by atoms with Crippen LogP contribution in [0.1, 0.15) is 13.3 Å². The van der Waals surface area contributed by atoms with Crippen molar-refractivity contribution in [3.63, 3.8) is 0 Å². The van der Waals surface area contributed by atoms with Gasteiger partial charge in [-0.1, -0.05) is 41.1 Å². The lowest BCUT2D eigenvalue weighted by molar-refractivity contribution is -0.117. The smallest absolute Gasteiger partial charge is 0.242 e. The van der Waals surface area contributed by atoms with Crippen molar-refractivity contribution in [3.8, 4) is 0 Å². The number of halogens is 1. The van der Waals surface area contributed by atoms with E-state index in [1.54, 1.807) is 43.3 Å². The van der Waals surface area contributed by atoms with Crippen molar-refractivity contribution in [2.24, 2.45) is 0 Å². The second-order valence-electron chi connectivity index (χ2n) is 4.89. The van der Waals surface area contributed by atoms with Gasteiger partial charge < -0.3 is 5.32 Å². The van der Waals surface area contributed by atoms with Gasteiger partial charge in [0.05, 0.1) is 4.90 Å². The monoisotopic (exact) mass is 396 g/mol. The van der Waals surface area contributed by atoms with Crippen LogP contribution in [0.4, 0.5) is 5.69 Å². The van der Waals surface area contributed by atoms with Gasteiger partial charge in [0, 0.05) is 10.2 Å². The van der Waals surface area contributed by atoms with Crippen LogP contribution in [0.3, 0.4) is 0 Å². The molecule has 2 aromatic carbocycles. The Morgan fingerprint density at radius 2 is 1.70 bits per heavy atom. The molecule has 0 radical (unpaired) electrons. The first-order valence-electron chi connectivity index (χ1n) is 7.06. The van der Waals surface area contributed by atoms with Crippen molar-refractivity contribution in [2.75, 3.05) is 5.32 Å². The topological polar surface area (TPSA) is 75.3 Å². The molecule has 0 aromatic heterocycles. The molecule has 0 aliphatic rings. The third-order valence-electron chi connectivity index (χ3n) is 3.19. The molecule has 0 saturated heterocycles. The molecule has 1 amide bonds. The summed E-state index contributed by atoms with van der Waals surface area (Å²) in [5, 5.41) is 2.70. The van der Waals surface area contributed by atoms with Crippen LogP contribution in [0.15, 0.2) is 64.0 Å². The lowest BCUT2D eigenvalue weighted by Gasteiger charge is -2.17. The first kappa shape index (κ1) is 17.7. The van der Waals surface area contributed by atoms with Crippen LogP contribution in [0.25, 0.3) is 0 Å². The maximum Gasteiger partial charge on any atom is 0.242 e. The Bertz CT molecular complexity index is 762. The van der Waals surface area contributed by atoms with E-state index < -0.39 is 16.1 Å². The normalized spacial score (nSPS) is 12.6. The first-order chi connectivity index (χ1) is 10.9. The summed E-state index contributed by atoms with van der Waals surface area (Å²) in [7, 11) is -3.76. The third-order valence-corrected chi connectivity index (χ3v) is 5.20. The summed E-state index contributed by atoms with van der Waals surface area (Å²) in [4.78, 5) is 12.4. The number of anilines is 1. The number of amides is 1. The molecule has 122 valence electrons. The van der Waals surface area contributed by atoms with Gasteiger partial charge >= 0.3 is 0 Å². The third kappa shape index (κ3) is 4.89. The lowest BCUT2D eigenvalue weighted by Crippen LogP contribution is -2.43. The van der Waals surface area contributed by atoms with E-state index in [4.69, 9.17) is 0 Å². The molecule has 1 atom stereocenters. The van der Waals surface area contributed by atoms with Gasteiger partial charge in [0.1, 0.15) is 6.04 Å². The van der Waals surface area contributed by atoms with Crippen LogP contribution in [-0.4, -0.2) is 20.4 Å². The highest BCUT2D eigenvalue weighted by Crippen LogP contribution is 2.15. The van der Waals surface area contributed by atoms with Crippen molar-refractivity contribution in [1.29, 1.82) is 0 Å². The molecule has 5 nitrogen and oxygen atoms in total. The van der Waals surface area contributed by atoms with E-state index >= 15 is 0 Å². The Morgan fingerprint density at radius 1 is 1.09 bits per heavy atom. The SMILES string of the molecule is CCC(NS(=O)(=O)c1ccc(Br)cc1)C(=O)Nc1ccccc1. The van der Waals surface area contributed by atoms with E-state index in [2.05, 4.69) is 26.0 Å². The molecular weight excluding hydrogens is 380 g/mol. The summed E-state index contributed by atoms with van der Waals surface area (Å²) >= 11 is 3.26. The second-order valence-corrected chi connectivity index (χ2v) is 7.52. The Morgan fingerprint density at radius 3 is 2.26 bits per heavy atom. The van der Waals surface area contributed by atoms with E-state index in [1.807, 2.05) is 6.07 Å². The highest BCUT2D eigenvalue weighted by Gasteiger charge is 2.24. The minimum Gasteiger partial charge on any atom is -0.325 e. The molecule has 0 fully saturated rings. The van der Waals surface area contributed by atoms with Crippen LogP contribution in [0.2, 0.25) is 0 Å². The molecule has 1 unspecified atom stereocenters. The maximum absolute atomic E-state index is 12.4. The number of hydrogen-bond acceptors (Lipinski definition) is 3. The van der Waals surface area contributed by atoms with Crippen LogP contribution < -0.4 is 10.0 Å². The van der Waals surface area contributed by atoms with Crippen molar-refractivity contribution in [1.82, 2.24) is 4.72 Å². The average Bonchev–Trinajstić information content (AvgIpc) is 2.54.